The summed E-state index contributed by atoms with van der Waals surface area (Å²) in [6.07, 6.45) is 17.8. The standard InChI is InChI=1S/C50H61NO7/c51-25-23-32-16-17-36(26-32)39(31-52)11-3-1-2-9-34-12-7-15-43(48(55)56)46(49(57)58)50(24-22-38-29-37-10-4-5-14-42(37)47(54)45(38)30-50)40-13-6-8-33(27-40)28-44(34)35-18-20-41(53)21-19-35/h4-8,10,13-15,18-21,26-27,29,31,34,36,38-39,43-46,48,53-56H,1-3,9,11-12,16-17,22-25,28,30,51H2,(H,57,58)/b15-7-/t34-,36+,38-,39-,43+,44+,45-,46-,50-/m1/s1. The lowest BCUT2D eigenvalue weighted by Crippen LogP contribution is -2.52. The third-order valence-corrected chi connectivity index (χ3v) is 14.3. The minimum Gasteiger partial charge on any atom is -0.511 e. The van der Waals surface area contributed by atoms with Gasteiger partial charge < -0.3 is 36.1 Å². The number of aliphatic carboxylic acids is 1. The Morgan fingerprint density at radius 1 is 0.931 bits per heavy atom. The van der Waals surface area contributed by atoms with Crippen molar-refractivity contribution >= 4 is 24.1 Å². The zero-order chi connectivity index (χ0) is 40.8. The van der Waals surface area contributed by atoms with Crippen LogP contribution >= 0.6 is 0 Å². The van der Waals surface area contributed by atoms with Gasteiger partial charge in [-0.05, 0) is 128 Å². The molecule has 58 heavy (non-hydrogen) atoms. The summed E-state index contributed by atoms with van der Waals surface area (Å²) in [6.45, 7) is 0.638. The fraction of sp³-hybridized carbons (Fsp3) is 0.480. The summed E-state index contributed by atoms with van der Waals surface area (Å²) in [6, 6.07) is 23.5. The van der Waals surface area contributed by atoms with Crippen molar-refractivity contribution in [3.8, 4) is 5.75 Å². The molecule has 0 unspecified atom stereocenters. The molecule has 8 heteroatoms. The van der Waals surface area contributed by atoms with Gasteiger partial charge in [-0.3, -0.25) is 4.79 Å². The molecule has 1 spiro atoms. The fourth-order valence-electron chi connectivity index (χ4n) is 11.3. The van der Waals surface area contributed by atoms with Gasteiger partial charge in [-0.2, -0.15) is 0 Å². The second-order valence-corrected chi connectivity index (χ2v) is 17.6. The van der Waals surface area contributed by atoms with Crippen molar-refractivity contribution in [1.82, 2.24) is 0 Å². The number of aromatic hydroxyl groups is 1. The molecule has 4 aliphatic carbocycles. The second kappa shape index (κ2) is 18.6. The van der Waals surface area contributed by atoms with E-state index >= 15 is 0 Å². The smallest absolute Gasteiger partial charge is 0.308 e. The van der Waals surface area contributed by atoms with Crippen LogP contribution in [0, 0.1) is 41.4 Å². The van der Waals surface area contributed by atoms with Crippen molar-refractivity contribution in [2.75, 3.05) is 6.54 Å². The molecule has 0 heterocycles. The van der Waals surface area contributed by atoms with E-state index < -0.39 is 29.5 Å². The summed E-state index contributed by atoms with van der Waals surface area (Å²) >= 11 is 0. The number of nitrogens with two attached hydrogens (primary N) is 1. The lowest BCUT2D eigenvalue weighted by atomic mass is 9.53. The number of phenolic OH excluding ortho intramolecular Hbond substituents is 1. The lowest BCUT2D eigenvalue weighted by molar-refractivity contribution is -0.158. The number of carboxylic acids is 1. The summed E-state index contributed by atoms with van der Waals surface area (Å²) in [5.41, 5.74) is 9.18. The molecule has 0 aliphatic heterocycles. The first-order chi connectivity index (χ1) is 28.1. The van der Waals surface area contributed by atoms with Gasteiger partial charge in [-0.25, -0.2) is 0 Å². The van der Waals surface area contributed by atoms with Crippen LogP contribution in [0.2, 0.25) is 0 Å². The van der Waals surface area contributed by atoms with E-state index in [4.69, 9.17) is 5.73 Å². The van der Waals surface area contributed by atoms with Crippen LogP contribution < -0.4 is 16.2 Å². The largest absolute Gasteiger partial charge is 0.511 e. The summed E-state index contributed by atoms with van der Waals surface area (Å²) < 4.78 is 0. The number of rotatable bonds is 13. The first kappa shape index (κ1) is 41.7. The zero-order valence-electron chi connectivity index (χ0n) is 33.5. The van der Waals surface area contributed by atoms with Gasteiger partial charge in [0.05, 0.1) is 5.92 Å². The van der Waals surface area contributed by atoms with Gasteiger partial charge >= 0.3 is 5.97 Å². The first-order valence-electron chi connectivity index (χ1n) is 21.6. The average molecular weight is 788 g/mol. The molecular formula is C50H61NO7. The number of phenols is 1. The van der Waals surface area contributed by atoms with Gasteiger partial charge in [0.1, 0.15) is 17.8 Å². The van der Waals surface area contributed by atoms with Gasteiger partial charge in [0.2, 0.25) is 0 Å². The number of carboxylic acid groups (broad SMARTS) is 1. The van der Waals surface area contributed by atoms with E-state index in [9.17, 15) is 35.1 Å². The van der Waals surface area contributed by atoms with E-state index in [2.05, 4.69) is 24.3 Å². The van der Waals surface area contributed by atoms with Crippen LogP contribution in [0.5, 0.6) is 5.75 Å². The van der Waals surface area contributed by atoms with E-state index in [1.165, 1.54) is 5.57 Å². The van der Waals surface area contributed by atoms with Crippen molar-refractivity contribution in [3.63, 3.8) is 0 Å². The van der Waals surface area contributed by atoms with Crippen molar-refractivity contribution in [2.24, 2.45) is 47.2 Å². The van der Waals surface area contributed by atoms with Crippen LogP contribution in [-0.4, -0.2) is 50.6 Å². The Hall–Kier alpha value is -4.50. The monoisotopic (exact) mass is 787 g/mol. The van der Waals surface area contributed by atoms with E-state index in [-0.39, 0.29) is 41.1 Å². The van der Waals surface area contributed by atoms with Gasteiger partial charge in [0, 0.05) is 28.4 Å². The Balaban J connectivity index is 1.20. The van der Waals surface area contributed by atoms with E-state index in [1.807, 2.05) is 54.6 Å². The van der Waals surface area contributed by atoms with Gasteiger partial charge in [0.25, 0.3) is 0 Å². The third-order valence-electron chi connectivity index (χ3n) is 14.3. The van der Waals surface area contributed by atoms with E-state index in [1.54, 1.807) is 18.2 Å². The maximum Gasteiger partial charge on any atom is 0.308 e. The maximum absolute atomic E-state index is 13.6. The predicted octanol–water partition coefficient (Wildman–Crippen LogP) is 7.19. The molecule has 9 atom stereocenters. The zero-order valence-corrected chi connectivity index (χ0v) is 33.5. The van der Waals surface area contributed by atoms with Crippen LogP contribution in [-0.2, 0) is 21.4 Å². The van der Waals surface area contributed by atoms with Gasteiger partial charge in [-0.1, -0.05) is 110 Å². The third kappa shape index (κ3) is 8.90. The number of aliphatic hydroxyl groups is 3. The van der Waals surface area contributed by atoms with Crippen molar-refractivity contribution in [3.05, 3.63) is 124 Å². The minimum absolute atomic E-state index is 0.0212. The summed E-state index contributed by atoms with van der Waals surface area (Å²) in [5.74, 6) is -2.64. The number of hydrogen-bond acceptors (Lipinski definition) is 7. The Morgan fingerprint density at radius 2 is 1.74 bits per heavy atom. The normalized spacial score (nSPS) is 29.3. The Bertz CT molecular complexity index is 2090. The number of hydrogen-bond donors (Lipinski definition) is 6. The Morgan fingerprint density at radius 3 is 2.50 bits per heavy atom. The predicted molar refractivity (Wildman–Crippen MR) is 227 cm³/mol. The number of unbranched alkanes of at least 4 members (excludes halogenated alkanes) is 2. The van der Waals surface area contributed by atoms with E-state index in [0.29, 0.717) is 44.6 Å². The fourth-order valence-corrected chi connectivity index (χ4v) is 11.3. The van der Waals surface area contributed by atoms with Crippen molar-refractivity contribution in [2.45, 2.75) is 101 Å². The molecule has 4 aliphatic rings. The molecule has 0 radical (unpaired) electrons. The molecule has 0 aromatic heterocycles. The number of carbonyl (C=O) groups is 2. The van der Waals surface area contributed by atoms with Crippen molar-refractivity contribution < 1.29 is 35.1 Å². The summed E-state index contributed by atoms with van der Waals surface area (Å²) in [7, 11) is 0. The van der Waals surface area contributed by atoms with Crippen LogP contribution in [0.25, 0.3) is 11.8 Å². The molecular weight excluding hydrogens is 727 g/mol. The molecule has 1 fully saturated rings. The highest BCUT2D eigenvalue weighted by Crippen LogP contribution is 2.54. The average Bonchev–Trinajstić information content (AvgIpc) is 3.69. The van der Waals surface area contributed by atoms with Crippen LogP contribution in [0.15, 0.2) is 96.6 Å². The first-order valence-corrected chi connectivity index (χ1v) is 21.6. The number of benzene rings is 3. The molecule has 3 aromatic rings. The Kier molecular flexibility index (Phi) is 13.4. The molecule has 8 nitrogen and oxygen atoms in total. The van der Waals surface area contributed by atoms with Crippen LogP contribution in [0.3, 0.4) is 0 Å². The SMILES string of the molecule is NCCC1=C[C@@H]([C@@H](C=O)CCCCC[C@@H]2C/C=C\[C@H](C(O)O)[C@H](C(=O)O)[C@@]3(CC[C@@H]4C=c5ccccc5=C(O)[C@@H]4C3)c3cccc(c3)C[C@@H]2c2ccc(O)cc2)CC1. The summed E-state index contributed by atoms with van der Waals surface area (Å²) in [4.78, 5) is 25.8. The topological polar surface area (TPSA) is 161 Å². The minimum atomic E-state index is -1.91. The lowest BCUT2D eigenvalue weighted by Gasteiger charge is -2.50. The molecule has 3 aromatic carbocycles. The van der Waals surface area contributed by atoms with Gasteiger partial charge in [0.15, 0.2) is 6.29 Å². The number of fused-ring (bicyclic) bond motifs is 5. The molecule has 308 valence electrons. The summed E-state index contributed by atoms with van der Waals surface area (Å²) in [5, 5.41) is 57.0. The van der Waals surface area contributed by atoms with Crippen molar-refractivity contribution in [1.29, 1.82) is 0 Å². The van der Waals surface area contributed by atoms with E-state index in [0.717, 1.165) is 84.8 Å². The quantitative estimate of drug-likeness (QED) is 0.0460. The Labute approximate surface area is 342 Å². The van der Waals surface area contributed by atoms with Crippen LogP contribution in [0.4, 0.5) is 0 Å². The van der Waals surface area contributed by atoms with Gasteiger partial charge in [-0.15, -0.1) is 0 Å². The number of carbonyl (C=O) groups excluding carboxylic acids is 1. The molecule has 2 bridgehead atoms. The highest BCUT2D eigenvalue weighted by atomic mass is 16.5. The number of allylic oxidation sites excluding steroid dienone is 2. The number of aldehydes is 1. The maximum atomic E-state index is 13.6. The molecule has 1 saturated carbocycles. The molecule has 0 amide bonds. The highest BCUT2D eigenvalue weighted by Gasteiger charge is 2.54. The number of aliphatic hydroxyl groups excluding tert-OH is 2. The molecule has 7 rings (SSSR count). The molecule has 0 saturated heterocycles. The second-order valence-electron chi connectivity index (χ2n) is 17.6. The van der Waals surface area contributed by atoms with Crippen LogP contribution in [0.1, 0.15) is 99.7 Å². The highest BCUT2D eigenvalue weighted by molar-refractivity contribution is 5.74. The molecule has 7 N–H and O–H groups in total.